The Morgan fingerprint density at radius 2 is 1.63 bits per heavy atom. The van der Waals surface area contributed by atoms with Crippen LogP contribution in [-0.2, 0) is 16.1 Å². The van der Waals surface area contributed by atoms with E-state index in [0.29, 0.717) is 19.7 Å². The number of phenolic OH excluding ortho intramolecular Hbond substituents is 1. The molecule has 1 saturated heterocycles. The number of piperidine rings is 1. The maximum absolute atomic E-state index is 12.9. The molecule has 38 heavy (non-hydrogen) atoms. The molecule has 4 aromatic rings. The number of carbonyl (C=O) groups excluding carboxylic acids is 1. The van der Waals surface area contributed by atoms with E-state index in [4.69, 9.17) is 9.47 Å². The fourth-order valence-corrected chi connectivity index (χ4v) is 5.13. The first-order valence-corrected chi connectivity index (χ1v) is 13.2. The normalized spacial score (nSPS) is 17.9. The minimum Gasteiger partial charge on any atom is -0.508 e. The van der Waals surface area contributed by atoms with E-state index in [-0.39, 0.29) is 23.9 Å². The van der Waals surface area contributed by atoms with Crippen molar-refractivity contribution in [2.75, 3.05) is 13.1 Å². The number of fused-ring (bicyclic) bond motifs is 1. The van der Waals surface area contributed by atoms with Crippen LogP contribution in [0.2, 0.25) is 0 Å². The summed E-state index contributed by atoms with van der Waals surface area (Å²) in [6, 6.07) is 30.4. The standard InChI is InChI=1S/C33H35NO4/c1-33(2,3)38-32(36)34-17-16-30(28-12-6-10-26(19-28)27-11-7-13-29(35)20-27)31(21-34)37-22-23-14-15-24-8-4-5-9-25(24)18-23/h4-15,18-20,30-31,35H,16-17,21-22H2,1-3H3. The van der Waals surface area contributed by atoms with Gasteiger partial charge < -0.3 is 19.5 Å². The number of hydrogen-bond donors (Lipinski definition) is 1. The van der Waals surface area contributed by atoms with Gasteiger partial charge in [0.1, 0.15) is 11.4 Å². The zero-order valence-electron chi connectivity index (χ0n) is 22.3. The summed E-state index contributed by atoms with van der Waals surface area (Å²) in [4.78, 5) is 14.7. The van der Waals surface area contributed by atoms with Gasteiger partial charge in [0, 0.05) is 12.5 Å². The number of hydrogen-bond acceptors (Lipinski definition) is 4. The van der Waals surface area contributed by atoms with Crippen LogP contribution in [0.15, 0.2) is 91.0 Å². The Balaban J connectivity index is 1.40. The molecule has 196 valence electrons. The van der Waals surface area contributed by atoms with E-state index in [9.17, 15) is 9.90 Å². The summed E-state index contributed by atoms with van der Waals surface area (Å²) in [6.07, 6.45) is 0.274. The summed E-state index contributed by atoms with van der Waals surface area (Å²) in [5.74, 6) is 0.363. The predicted octanol–water partition coefficient (Wildman–Crippen LogP) is 7.52. The van der Waals surface area contributed by atoms with Crippen LogP contribution in [0.25, 0.3) is 21.9 Å². The van der Waals surface area contributed by atoms with Crippen LogP contribution in [0.3, 0.4) is 0 Å². The average molecular weight is 510 g/mol. The van der Waals surface area contributed by atoms with Crippen molar-refractivity contribution in [1.82, 2.24) is 4.90 Å². The molecule has 0 radical (unpaired) electrons. The Bertz CT molecular complexity index is 1420. The molecular formula is C33H35NO4. The largest absolute Gasteiger partial charge is 0.508 e. The van der Waals surface area contributed by atoms with E-state index >= 15 is 0 Å². The highest BCUT2D eigenvalue weighted by Gasteiger charge is 2.35. The van der Waals surface area contributed by atoms with Gasteiger partial charge in [0.05, 0.1) is 19.3 Å². The van der Waals surface area contributed by atoms with Crippen LogP contribution in [0.1, 0.15) is 44.2 Å². The molecule has 2 atom stereocenters. The van der Waals surface area contributed by atoms with Crippen LogP contribution < -0.4 is 0 Å². The smallest absolute Gasteiger partial charge is 0.410 e. The molecule has 1 heterocycles. The van der Waals surface area contributed by atoms with Gasteiger partial charge >= 0.3 is 6.09 Å². The maximum atomic E-state index is 12.9. The van der Waals surface area contributed by atoms with Gasteiger partial charge in [0.15, 0.2) is 0 Å². The molecule has 5 rings (SSSR count). The first-order valence-electron chi connectivity index (χ1n) is 13.2. The number of aromatic hydroxyl groups is 1. The zero-order chi connectivity index (χ0) is 26.7. The Hall–Kier alpha value is -3.83. The van der Waals surface area contributed by atoms with Crippen LogP contribution in [0.4, 0.5) is 4.79 Å². The molecule has 5 nitrogen and oxygen atoms in total. The fraction of sp³-hybridized carbons (Fsp3) is 0.303. The Kier molecular flexibility index (Phi) is 7.39. The quantitative estimate of drug-likeness (QED) is 0.302. The molecule has 1 N–H and O–H groups in total. The third-order valence-corrected chi connectivity index (χ3v) is 6.98. The Morgan fingerprint density at radius 3 is 2.39 bits per heavy atom. The summed E-state index contributed by atoms with van der Waals surface area (Å²) in [5.41, 5.74) is 3.72. The van der Waals surface area contributed by atoms with Crippen LogP contribution in [-0.4, -0.2) is 40.9 Å². The minimum atomic E-state index is -0.551. The van der Waals surface area contributed by atoms with E-state index < -0.39 is 5.60 Å². The summed E-state index contributed by atoms with van der Waals surface area (Å²) >= 11 is 0. The molecule has 0 saturated carbocycles. The molecule has 0 aliphatic carbocycles. The molecule has 2 unspecified atom stereocenters. The lowest BCUT2D eigenvalue weighted by Gasteiger charge is -2.39. The highest BCUT2D eigenvalue weighted by atomic mass is 16.6. The van der Waals surface area contributed by atoms with E-state index in [1.807, 2.05) is 45.0 Å². The maximum Gasteiger partial charge on any atom is 0.410 e. The molecule has 5 heteroatoms. The summed E-state index contributed by atoms with van der Waals surface area (Å²) < 4.78 is 12.2. The van der Waals surface area contributed by atoms with Gasteiger partial charge in [-0.3, -0.25) is 0 Å². The average Bonchev–Trinajstić information content (AvgIpc) is 2.91. The molecule has 1 amide bonds. The number of carbonyl (C=O) groups is 1. The van der Waals surface area contributed by atoms with E-state index in [0.717, 1.165) is 28.7 Å². The SMILES string of the molecule is CC(C)(C)OC(=O)N1CCC(c2cccc(-c3cccc(O)c3)c2)C(OCc2ccc3ccccc3c2)C1. The third-order valence-electron chi connectivity index (χ3n) is 6.98. The van der Waals surface area contributed by atoms with E-state index in [2.05, 4.69) is 54.6 Å². The van der Waals surface area contributed by atoms with Crippen molar-refractivity contribution in [2.24, 2.45) is 0 Å². The van der Waals surface area contributed by atoms with Gasteiger partial charge in [-0.15, -0.1) is 0 Å². The second kappa shape index (κ2) is 10.9. The van der Waals surface area contributed by atoms with E-state index in [1.54, 1.807) is 17.0 Å². The number of amides is 1. The fourth-order valence-electron chi connectivity index (χ4n) is 5.13. The third kappa shape index (κ3) is 6.17. The van der Waals surface area contributed by atoms with Gasteiger partial charge in [-0.25, -0.2) is 4.79 Å². The van der Waals surface area contributed by atoms with Crippen molar-refractivity contribution in [1.29, 1.82) is 0 Å². The van der Waals surface area contributed by atoms with Crippen molar-refractivity contribution in [3.63, 3.8) is 0 Å². The lowest BCUT2D eigenvalue weighted by molar-refractivity contribution is -0.0359. The topological polar surface area (TPSA) is 59.0 Å². The van der Waals surface area contributed by atoms with Crippen molar-refractivity contribution >= 4 is 16.9 Å². The van der Waals surface area contributed by atoms with Gasteiger partial charge in [0.25, 0.3) is 0 Å². The van der Waals surface area contributed by atoms with Gasteiger partial charge in [-0.2, -0.15) is 0 Å². The molecule has 1 aliphatic heterocycles. The molecular weight excluding hydrogens is 474 g/mol. The second-order valence-electron chi connectivity index (χ2n) is 11.0. The van der Waals surface area contributed by atoms with Gasteiger partial charge in [-0.1, -0.05) is 72.8 Å². The number of phenols is 1. The monoisotopic (exact) mass is 509 g/mol. The summed E-state index contributed by atoms with van der Waals surface area (Å²) in [5, 5.41) is 12.4. The summed E-state index contributed by atoms with van der Waals surface area (Å²) in [6.45, 7) is 7.18. The number of likely N-dealkylation sites (tertiary alicyclic amines) is 1. The predicted molar refractivity (Wildman–Crippen MR) is 151 cm³/mol. The molecule has 4 aromatic carbocycles. The van der Waals surface area contributed by atoms with Crippen molar-refractivity contribution in [3.05, 3.63) is 102 Å². The molecule has 1 fully saturated rings. The molecule has 1 aliphatic rings. The number of nitrogens with zero attached hydrogens (tertiary/aromatic N) is 1. The lowest BCUT2D eigenvalue weighted by Crippen LogP contribution is -2.48. The molecule has 0 bridgehead atoms. The van der Waals surface area contributed by atoms with Crippen molar-refractivity contribution in [2.45, 2.75) is 51.4 Å². The molecule has 0 aromatic heterocycles. The highest BCUT2D eigenvalue weighted by Crippen LogP contribution is 2.34. The second-order valence-corrected chi connectivity index (χ2v) is 11.0. The van der Waals surface area contributed by atoms with Gasteiger partial charge in [-0.05, 0) is 78.4 Å². The number of ether oxygens (including phenoxy) is 2. The van der Waals surface area contributed by atoms with Crippen molar-refractivity contribution in [3.8, 4) is 16.9 Å². The highest BCUT2D eigenvalue weighted by molar-refractivity contribution is 5.83. The molecule has 0 spiro atoms. The Labute approximate surface area is 224 Å². The number of rotatable bonds is 5. The van der Waals surface area contributed by atoms with Gasteiger partial charge in [0.2, 0.25) is 0 Å². The lowest BCUT2D eigenvalue weighted by atomic mass is 9.85. The van der Waals surface area contributed by atoms with Crippen LogP contribution in [0, 0.1) is 0 Å². The Morgan fingerprint density at radius 1 is 0.895 bits per heavy atom. The zero-order valence-corrected chi connectivity index (χ0v) is 22.3. The summed E-state index contributed by atoms with van der Waals surface area (Å²) in [7, 11) is 0. The van der Waals surface area contributed by atoms with Crippen LogP contribution >= 0.6 is 0 Å². The van der Waals surface area contributed by atoms with Crippen LogP contribution in [0.5, 0.6) is 5.75 Å². The van der Waals surface area contributed by atoms with Crippen molar-refractivity contribution < 1.29 is 19.4 Å². The minimum absolute atomic E-state index is 0.117. The van der Waals surface area contributed by atoms with E-state index in [1.165, 1.54) is 10.8 Å². The first kappa shape index (κ1) is 25.8. The number of benzene rings is 4. The first-order chi connectivity index (χ1) is 18.2.